The SMILES string of the molecule is COc1cccc(NC(=O)NC(CCN2CCC3(CC2)CCN(Cc2ccc(Br)cc2)C3=O)c2ccccc2)c1.Cl. The first-order valence-electron chi connectivity index (χ1n) is 14.0. The van der Waals surface area contributed by atoms with E-state index >= 15 is 0 Å². The van der Waals surface area contributed by atoms with E-state index in [1.54, 1.807) is 13.2 Å². The molecule has 0 aromatic heterocycles. The molecule has 0 radical (unpaired) electrons. The smallest absolute Gasteiger partial charge is 0.319 e. The fraction of sp³-hybridized carbons (Fsp3) is 0.375. The number of nitrogens with one attached hydrogen (secondary N) is 2. The Labute approximate surface area is 257 Å². The molecule has 0 saturated carbocycles. The number of ether oxygens (including phenoxy) is 1. The molecule has 3 aromatic carbocycles. The number of nitrogens with zero attached hydrogens (tertiary/aromatic N) is 2. The molecule has 2 fully saturated rings. The highest BCUT2D eigenvalue weighted by atomic mass is 79.9. The zero-order valence-corrected chi connectivity index (χ0v) is 25.8. The summed E-state index contributed by atoms with van der Waals surface area (Å²) >= 11 is 3.48. The van der Waals surface area contributed by atoms with Crippen LogP contribution in [0.3, 0.4) is 0 Å². The third-order valence-corrected chi connectivity index (χ3v) is 8.80. The van der Waals surface area contributed by atoms with Gasteiger partial charge in [-0.25, -0.2) is 4.79 Å². The van der Waals surface area contributed by atoms with Gasteiger partial charge in [-0.2, -0.15) is 0 Å². The van der Waals surface area contributed by atoms with E-state index in [1.165, 1.54) is 5.56 Å². The lowest BCUT2D eigenvalue weighted by molar-refractivity contribution is -0.138. The molecule has 41 heavy (non-hydrogen) atoms. The second kappa shape index (κ2) is 14.2. The molecule has 0 aliphatic carbocycles. The predicted molar refractivity (Wildman–Crippen MR) is 168 cm³/mol. The maximum absolute atomic E-state index is 13.5. The van der Waals surface area contributed by atoms with Crippen molar-refractivity contribution in [3.05, 3.63) is 94.5 Å². The van der Waals surface area contributed by atoms with Crippen LogP contribution in [0.15, 0.2) is 83.3 Å². The molecule has 2 heterocycles. The van der Waals surface area contributed by atoms with Crippen LogP contribution in [0.2, 0.25) is 0 Å². The first-order chi connectivity index (χ1) is 19.4. The van der Waals surface area contributed by atoms with E-state index in [0.717, 1.165) is 61.9 Å². The van der Waals surface area contributed by atoms with Crippen molar-refractivity contribution in [2.75, 3.05) is 38.6 Å². The van der Waals surface area contributed by atoms with Crippen LogP contribution < -0.4 is 15.4 Å². The van der Waals surface area contributed by atoms with Crippen molar-refractivity contribution in [1.29, 1.82) is 0 Å². The zero-order chi connectivity index (χ0) is 28.0. The van der Waals surface area contributed by atoms with Gasteiger partial charge in [0, 0.05) is 35.9 Å². The van der Waals surface area contributed by atoms with Gasteiger partial charge in [0.05, 0.1) is 18.6 Å². The number of carbonyl (C=O) groups is 2. The van der Waals surface area contributed by atoms with Crippen LogP contribution in [0, 0.1) is 5.41 Å². The van der Waals surface area contributed by atoms with Crippen LogP contribution in [0.25, 0.3) is 0 Å². The first kappa shape index (κ1) is 30.9. The van der Waals surface area contributed by atoms with Crippen molar-refractivity contribution >= 4 is 46.0 Å². The summed E-state index contributed by atoms with van der Waals surface area (Å²) in [5.41, 5.74) is 2.70. The van der Waals surface area contributed by atoms with Crippen molar-refractivity contribution in [3.63, 3.8) is 0 Å². The number of rotatable bonds is 9. The summed E-state index contributed by atoms with van der Waals surface area (Å²) in [5.74, 6) is 1.01. The van der Waals surface area contributed by atoms with Gasteiger partial charge in [-0.3, -0.25) is 4.79 Å². The molecule has 3 aromatic rings. The minimum absolute atomic E-state index is 0. The molecular weight excluding hydrogens is 604 g/mol. The molecular formula is C32H38BrClN4O3. The Bertz CT molecular complexity index is 1300. The highest BCUT2D eigenvalue weighted by Crippen LogP contribution is 2.42. The van der Waals surface area contributed by atoms with E-state index in [0.29, 0.717) is 23.9 Å². The van der Waals surface area contributed by atoms with E-state index < -0.39 is 0 Å². The van der Waals surface area contributed by atoms with Crippen molar-refractivity contribution < 1.29 is 14.3 Å². The van der Waals surface area contributed by atoms with Gasteiger partial charge in [0.15, 0.2) is 0 Å². The molecule has 3 amide bonds. The van der Waals surface area contributed by atoms with Crippen LogP contribution in [0.1, 0.15) is 42.9 Å². The molecule has 2 aliphatic heterocycles. The van der Waals surface area contributed by atoms with Crippen LogP contribution >= 0.6 is 28.3 Å². The summed E-state index contributed by atoms with van der Waals surface area (Å²) < 4.78 is 6.32. The minimum Gasteiger partial charge on any atom is -0.497 e. The molecule has 1 atom stereocenters. The molecule has 2 aliphatic rings. The first-order valence-corrected chi connectivity index (χ1v) is 14.8. The van der Waals surface area contributed by atoms with Gasteiger partial charge in [-0.15, -0.1) is 12.4 Å². The lowest BCUT2D eigenvalue weighted by Crippen LogP contribution is -2.45. The van der Waals surface area contributed by atoms with Gasteiger partial charge in [-0.05, 0) is 74.2 Å². The summed E-state index contributed by atoms with van der Waals surface area (Å²) in [6, 6.07) is 25.3. The van der Waals surface area contributed by atoms with E-state index in [9.17, 15) is 9.59 Å². The van der Waals surface area contributed by atoms with E-state index in [-0.39, 0.29) is 29.9 Å². The number of anilines is 1. The van der Waals surface area contributed by atoms with Crippen LogP contribution in [0.5, 0.6) is 5.75 Å². The zero-order valence-electron chi connectivity index (χ0n) is 23.4. The van der Waals surface area contributed by atoms with Gasteiger partial charge in [0.2, 0.25) is 5.91 Å². The van der Waals surface area contributed by atoms with Gasteiger partial charge >= 0.3 is 6.03 Å². The number of urea groups is 1. The molecule has 1 unspecified atom stereocenters. The maximum atomic E-state index is 13.5. The summed E-state index contributed by atoms with van der Waals surface area (Å²) in [6.45, 7) is 4.16. The summed E-state index contributed by atoms with van der Waals surface area (Å²) in [6.07, 6.45) is 3.51. The quantitative estimate of drug-likeness (QED) is 0.275. The minimum atomic E-state index is -0.248. The average Bonchev–Trinajstić information content (AvgIpc) is 3.27. The normalized spacial score (nSPS) is 17.1. The fourth-order valence-corrected chi connectivity index (χ4v) is 6.13. The van der Waals surface area contributed by atoms with Crippen molar-refractivity contribution in [2.45, 2.75) is 38.3 Å². The Morgan fingerprint density at radius 1 is 0.976 bits per heavy atom. The van der Waals surface area contributed by atoms with Crippen LogP contribution in [-0.4, -0.2) is 55.0 Å². The van der Waals surface area contributed by atoms with E-state index in [2.05, 4.69) is 55.7 Å². The monoisotopic (exact) mass is 640 g/mol. The number of benzene rings is 3. The van der Waals surface area contributed by atoms with Crippen LogP contribution in [0.4, 0.5) is 10.5 Å². The molecule has 2 N–H and O–H groups in total. The maximum Gasteiger partial charge on any atom is 0.319 e. The van der Waals surface area contributed by atoms with Gasteiger partial charge in [0.25, 0.3) is 0 Å². The lowest BCUT2D eigenvalue weighted by Gasteiger charge is -2.38. The van der Waals surface area contributed by atoms with Crippen LogP contribution in [-0.2, 0) is 11.3 Å². The Balaban J connectivity index is 0.00000387. The fourth-order valence-electron chi connectivity index (χ4n) is 5.87. The third kappa shape index (κ3) is 7.82. The molecule has 2 saturated heterocycles. The standard InChI is InChI=1S/C32H37BrN4O3.ClH/c1-40-28-9-5-8-27(22-28)34-31(39)35-29(25-6-3-2-4-7-25)14-18-36-19-15-32(16-20-36)17-21-37(30(32)38)23-24-10-12-26(33)13-11-24;/h2-13,22,29H,14-21,23H2,1H3,(H2,34,35,39);1H. The van der Waals surface area contributed by atoms with Gasteiger partial charge in [-0.1, -0.05) is 64.5 Å². The number of likely N-dealkylation sites (tertiary alicyclic amines) is 2. The highest BCUT2D eigenvalue weighted by molar-refractivity contribution is 9.10. The van der Waals surface area contributed by atoms with E-state index in [4.69, 9.17) is 4.74 Å². The number of piperidine rings is 1. The molecule has 218 valence electrons. The Hall–Kier alpha value is -3.07. The molecule has 9 heteroatoms. The Morgan fingerprint density at radius 2 is 1.68 bits per heavy atom. The largest absolute Gasteiger partial charge is 0.497 e. The summed E-state index contributed by atoms with van der Waals surface area (Å²) in [5, 5.41) is 6.09. The summed E-state index contributed by atoms with van der Waals surface area (Å²) in [7, 11) is 1.61. The van der Waals surface area contributed by atoms with Crippen molar-refractivity contribution in [2.24, 2.45) is 5.41 Å². The lowest BCUT2D eigenvalue weighted by atomic mass is 9.77. The third-order valence-electron chi connectivity index (χ3n) is 8.27. The van der Waals surface area contributed by atoms with Gasteiger partial charge in [0.1, 0.15) is 5.75 Å². The van der Waals surface area contributed by atoms with E-state index in [1.807, 2.05) is 53.4 Å². The predicted octanol–water partition coefficient (Wildman–Crippen LogP) is 6.65. The Kier molecular flexibility index (Phi) is 10.7. The second-order valence-electron chi connectivity index (χ2n) is 10.8. The highest BCUT2D eigenvalue weighted by Gasteiger charge is 2.47. The number of methoxy groups -OCH3 is 1. The topological polar surface area (TPSA) is 73.9 Å². The molecule has 5 rings (SSSR count). The van der Waals surface area contributed by atoms with Crippen molar-refractivity contribution in [3.8, 4) is 5.75 Å². The number of hydrogen-bond acceptors (Lipinski definition) is 4. The Morgan fingerprint density at radius 3 is 2.39 bits per heavy atom. The summed E-state index contributed by atoms with van der Waals surface area (Å²) in [4.78, 5) is 30.8. The number of halogens is 2. The second-order valence-corrected chi connectivity index (χ2v) is 11.7. The molecule has 7 nitrogen and oxygen atoms in total. The average molecular weight is 642 g/mol. The number of amides is 3. The molecule has 1 spiro atoms. The van der Waals surface area contributed by atoms with Gasteiger partial charge < -0.3 is 25.2 Å². The number of carbonyl (C=O) groups excluding carboxylic acids is 2. The van der Waals surface area contributed by atoms with Crippen molar-refractivity contribution in [1.82, 2.24) is 15.1 Å². The molecule has 0 bridgehead atoms. The number of hydrogen-bond donors (Lipinski definition) is 2.